The number of hydrogen-bond acceptors (Lipinski definition) is 2. The van der Waals surface area contributed by atoms with Crippen LogP contribution in [0.3, 0.4) is 0 Å². The molecular formula is C14H13ClFNS. The SMILES string of the molecule is Cc1cc(SCc2ccccc2Cl)c(N)cc1F. The molecule has 0 saturated carbocycles. The summed E-state index contributed by atoms with van der Waals surface area (Å²) in [6.07, 6.45) is 0. The van der Waals surface area contributed by atoms with Crippen LogP contribution >= 0.6 is 23.4 Å². The minimum atomic E-state index is -0.269. The molecule has 18 heavy (non-hydrogen) atoms. The number of benzene rings is 2. The highest BCUT2D eigenvalue weighted by atomic mass is 35.5. The number of nitrogens with two attached hydrogens (primary N) is 1. The Bertz CT molecular complexity index is 572. The number of anilines is 1. The number of aryl methyl sites for hydroxylation is 1. The van der Waals surface area contributed by atoms with E-state index in [1.165, 1.54) is 6.07 Å². The Hall–Kier alpha value is -1.19. The number of nitrogen functional groups attached to an aromatic ring is 1. The van der Waals surface area contributed by atoms with Crippen molar-refractivity contribution in [2.75, 3.05) is 5.73 Å². The van der Waals surface area contributed by atoms with Crippen LogP contribution in [0, 0.1) is 12.7 Å². The zero-order valence-corrected chi connectivity index (χ0v) is 11.5. The van der Waals surface area contributed by atoms with Crippen LogP contribution < -0.4 is 5.73 Å². The van der Waals surface area contributed by atoms with Crippen molar-refractivity contribution >= 4 is 29.1 Å². The Labute approximate surface area is 115 Å². The van der Waals surface area contributed by atoms with E-state index < -0.39 is 0 Å². The van der Waals surface area contributed by atoms with Crippen LogP contribution in [0.2, 0.25) is 5.02 Å². The predicted molar refractivity (Wildman–Crippen MR) is 76.6 cm³/mol. The van der Waals surface area contributed by atoms with Gasteiger partial charge in [-0.3, -0.25) is 0 Å². The number of thioether (sulfide) groups is 1. The highest BCUT2D eigenvalue weighted by Gasteiger charge is 2.07. The van der Waals surface area contributed by atoms with Crippen molar-refractivity contribution in [3.05, 3.63) is 58.4 Å². The summed E-state index contributed by atoms with van der Waals surface area (Å²) in [4.78, 5) is 0.883. The second-order valence-corrected chi connectivity index (χ2v) is 5.44. The van der Waals surface area contributed by atoms with E-state index in [-0.39, 0.29) is 5.82 Å². The molecule has 0 amide bonds. The molecule has 94 valence electrons. The van der Waals surface area contributed by atoms with Gasteiger partial charge in [0, 0.05) is 21.4 Å². The largest absolute Gasteiger partial charge is 0.398 e. The first-order valence-corrected chi connectivity index (χ1v) is 6.86. The second kappa shape index (κ2) is 5.63. The van der Waals surface area contributed by atoms with E-state index in [1.54, 1.807) is 24.8 Å². The molecule has 0 spiro atoms. The summed E-state index contributed by atoms with van der Waals surface area (Å²) >= 11 is 7.64. The molecule has 0 aliphatic carbocycles. The summed E-state index contributed by atoms with van der Waals surface area (Å²) in [7, 11) is 0. The maximum absolute atomic E-state index is 13.3. The second-order valence-electron chi connectivity index (χ2n) is 4.02. The summed E-state index contributed by atoms with van der Waals surface area (Å²) in [5.41, 5.74) is 7.92. The van der Waals surface area contributed by atoms with Crippen molar-refractivity contribution in [1.82, 2.24) is 0 Å². The van der Waals surface area contributed by atoms with Crippen LogP contribution in [0.4, 0.5) is 10.1 Å². The van der Waals surface area contributed by atoms with Crippen LogP contribution in [0.15, 0.2) is 41.3 Å². The third-order valence-corrected chi connectivity index (χ3v) is 4.12. The van der Waals surface area contributed by atoms with Gasteiger partial charge in [0.25, 0.3) is 0 Å². The van der Waals surface area contributed by atoms with Crippen molar-refractivity contribution in [3.63, 3.8) is 0 Å². The molecule has 2 rings (SSSR count). The van der Waals surface area contributed by atoms with Gasteiger partial charge in [0.15, 0.2) is 0 Å². The molecular weight excluding hydrogens is 269 g/mol. The first-order chi connectivity index (χ1) is 8.58. The maximum Gasteiger partial charge on any atom is 0.128 e. The number of hydrogen-bond donors (Lipinski definition) is 1. The van der Waals surface area contributed by atoms with Crippen LogP contribution in [-0.2, 0) is 5.75 Å². The topological polar surface area (TPSA) is 26.0 Å². The predicted octanol–water partition coefficient (Wildman–Crippen LogP) is 4.66. The zero-order chi connectivity index (χ0) is 13.1. The van der Waals surface area contributed by atoms with E-state index in [2.05, 4.69) is 0 Å². The Balaban J connectivity index is 2.16. The van der Waals surface area contributed by atoms with E-state index in [4.69, 9.17) is 17.3 Å². The van der Waals surface area contributed by atoms with Gasteiger partial charge in [0.1, 0.15) is 5.82 Å². The van der Waals surface area contributed by atoms with Crippen LogP contribution in [-0.4, -0.2) is 0 Å². The van der Waals surface area contributed by atoms with Gasteiger partial charge in [-0.25, -0.2) is 4.39 Å². The van der Waals surface area contributed by atoms with Crippen LogP contribution in [0.25, 0.3) is 0 Å². The lowest BCUT2D eigenvalue weighted by Crippen LogP contribution is -1.93. The quantitative estimate of drug-likeness (QED) is 0.654. The highest BCUT2D eigenvalue weighted by Crippen LogP contribution is 2.31. The first kappa shape index (κ1) is 13.2. The van der Waals surface area contributed by atoms with Gasteiger partial charge in [-0.1, -0.05) is 29.8 Å². The molecule has 0 bridgehead atoms. The fourth-order valence-corrected chi connectivity index (χ4v) is 2.90. The Morgan fingerprint density at radius 2 is 2.00 bits per heavy atom. The summed E-state index contributed by atoms with van der Waals surface area (Å²) in [6, 6.07) is 10.8. The Morgan fingerprint density at radius 3 is 2.72 bits per heavy atom. The normalized spacial score (nSPS) is 10.6. The summed E-state index contributed by atoms with van der Waals surface area (Å²) < 4.78 is 13.3. The van der Waals surface area contributed by atoms with Crippen LogP contribution in [0.5, 0.6) is 0 Å². The average molecular weight is 282 g/mol. The molecule has 2 N–H and O–H groups in total. The summed E-state index contributed by atoms with van der Waals surface area (Å²) in [5, 5.41) is 0.738. The smallest absolute Gasteiger partial charge is 0.128 e. The van der Waals surface area contributed by atoms with Gasteiger partial charge in [0.05, 0.1) is 0 Å². The fourth-order valence-electron chi connectivity index (χ4n) is 1.57. The standard InChI is InChI=1S/C14H13ClFNS/c1-9-6-14(13(17)7-12(9)16)18-8-10-4-2-3-5-11(10)15/h2-7H,8,17H2,1H3. The van der Waals surface area contributed by atoms with Crippen LogP contribution in [0.1, 0.15) is 11.1 Å². The van der Waals surface area contributed by atoms with E-state index in [1.807, 2.05) is 24.3 Å². The number of halogens is 2. The van der Waals surface area contributed by atoms with Gasteiger partial charge in [-0.2, -0.15) is 0 Å². The summed E-state index contributed by atoms with van der Waals surface area (Å²) in [6.45, 7) is 1.73. The zero-order valence-electron chi connectivity index (χ0n) is 9.91. The molecule has 0 heterocycles. The Morgan fingerprint density at radius 1 is 1.28 bits per heavy atom. The maximum atomic E-state index is 13.3. The monoisotopic (exact) mass is 281 g/mol. The van der Waals surface area contributed by atoms with Gasteiger partial charge >= 0.3 is 0 Å². The minimum absolute atomic E-state index is 0.269. The van der Waals surface area contributed by atoms with E-state index in [0.29, 0.717) is 11.3 Å². The van der Waals surface area contributed by atoms with Gasteiger partial charge < -0.3 is 5.73 Å². The van der Waals surface area contributed by atoms with Crippen molar-refractivity contribution < 1.29 is 4.39 Å². The van der Waals surface area contributed by atoms with Gasteiger partial charge in [-0.15, -0.1) is 11.8 Å². The third kappa shape index (κ3) is 2.98. The van der Waals surface area contributed by atoms with Crippen molar-refractivity contribution in [1.29, 1.82) is 0 Å². The number of rotatable bonds is 3. The van der Waals surface area contributed by atoms with Gasteiger partial charge in [-0.05, 0) is 36.2 Å². The van der Waals surface area contributed by atoms with Crippen molar-refractivity contribution in [3.8, 4) is 0 Å². The summed E-state index contributed by atoms with van der Waals surface area (Å²) in [5.74, 6) is 0.448. The molecule has 4 heteroatoms. The molecule has 2 aromatic carbocycles. The lowest BCUT2D eigenvalue weighted by molar-refractivity contribution is 0.618. The molecule has 0 aliphatic heterocycles. The van der Waals surface area contributed by atoms with Crippen molar-refractivity contribution in [2.24, 2.45) is 0 Å². The van der Waals surface area contributed by atoms with Gasteiger partial charge in [0.2, 0.25) is 0 Å². The van der Waals surface area contributed by atoms with E-state index in [0.717, 1.165) is 21.2 Å². The highest BCUT2D eigenvalue weighted by molar-refractivity contribution is 7.98. The molecule has 0 atom stereocenters. The Kier molecular flexibility index (Phi) is 4.15. The lowest BCUT2D eigenvalue weighted by atomic mass is 10.2. The van der Waals surface area contributed by atoms with E-state index in [9.17, 15) is 4.39 Å². The third-order valence-electron chi connectivity index (χ3n) is 2.63. The lowest BCUT2D eigenvalue weighted by Gasteiger charge is -2.08. The van der Waals surface area contributed by atoms with E-state index >= 15 is 0 Å². The molecule has 0 saturated heterocycles. The molecule has 0 unspecified atom stereocenters. The molecule has 0 radical (unpaired) electrons. The first-order valence-electron chi connectivity index (χ1n) is 5.50. The molecule has 0 aromatic heterocycles. The fraction of sp³-hybridized carbons (Fsp3) is 0.143. The van der Waals surface area contributed by atoms with Crippen molar-refractivity contribution in [2.45, 2.75) is 17.6 Å². The molecule has 0 fully saturated rings. The average Bonchev–Trinajstić information content (AvgIpc) is 2.34. The molecule has 1 nitrogen and oxygen atoms in total. The molecule has 2 aromatic rings. The molecule has 0 aliphatic rings. The minimum Gasteiger partial charge on any atom is -0.398 e.